The number of aromatic amines is 1. The van der Waals surface area contributed by atoms with E-state index in [2.05, 4.69) is 60.4 Å². The molecule has 0 saturated carbocycles. The maximum Gasteiger partial charge on any atom is 0.335 e. The Labute approximate surface area is 285 Å². The lowest BCUT2D eigenvalue weighted by Crippen LogP contribution is -2.65. The standard InChI is InChI=1S/C36H50N2O8Si2/c1-23(2)47(24(3)4)42-22-30-34(45-48(46-47,25(5)6)26(7)8)29(35(43-30)38-20-19-31(39)37-36(38)41)21-32(40)44-33(27-15-11-9-12-16-27)28-17-13-10-14-18-28/h9-20,23-26,29-30,33-35H,21-22H2,1-8H3,(H,37,39,41)/t29-,30-,34+,35-/m1/s1. The number of H-pyrrole nitrogens is 1. The minimum atomic E-state index is -3.09. The van der Waals surface area contributed by atoms with E-state index in [-0.39, 0.29) is 35.2 Å². The molecule has 4 atom stereocenters. The molecule has 0 unspecified atom stereocenters. The molecule has 2 fully saturated rings. The highest BCUT2D eigenvalue weighted by atomic mass is 28.5. The molecule has 48 heavy (non-hydrogen) atoms. The highest BCUT2D eigenvalue weighted by Gasteiger charge is 2.62. The Balaban J connectivity index is 1.57. The molecule has 1 aromatic heterocycles. The van der Waals surface area contributed by atoms with Gasteiger partial charge in [0.2, 0.25) is 0 Å². The minimum Gasteiger partial charge on any atom is -0.453 e. The third kappa shape index (κ3) is 7.10. The van der Waals surface area contributed by atoms with Crippen molar-refractivity contribution in [2.45, 2.75) is 109 Å². The number of rotatable bonds is 10. The maximum absolute atomic E-state index is 14.1. The molecule has 2 aliphatic rings. The number of ether oxygens (including phenoxy) is 2. The molecule has 2 saturated heterocycles. The first kappa shape index (κ1) is 36.2. The first-order valence-electron chi connectivity index (χ1n) is 17.1. The van der Waals surface area contributed by atoms with E-state index in [1.54, 1.807) is 0 Å². The van der Waals surface area contributed by atoms with Crippen molar-refractivity contribution in [2.24, 2.45) is 5.92 Å². The number of benzene rings is 2. The van der Waals surface area contributed by atoms with Gasteiger partial charge < -0.3 is 22.4 Å². The summed E-state index contributed by atoms with van der Waals surface area (Å²) in [7, 11) is -5.95. The number of fused-ring (bicyclic) bond motifs is 1. The van der Waals surface area contributed by atoms with Gasteiger partial charge in [0.15, 0.2) is 6.10 Å². The third-order valence-electron chi connectivity index (χ3n) is 9.78. The van der Waals surface area contributed by atoms with Crippen molar-refractivity contribution in [2.75, 3.05) is 6.61 Å². The Morgan fingerprint density at radius 1 is 0.833 bits per heavy atom. The molecule has 0 aliphatic carbocycles. The van der Waals surface area contributed by atoms with Gasteiger partial charge in [0.1, 0.15) is 12.3 Å². The van der Waals surface area contributed by atoms with Crippen molar-refractivity contribution >= 4 is 23.1 Å². The van der Waals surface area contributed by atoms with Crippen LogP contribution in [-0.2, 0) is 27.2 Å². The van der Waals surface area contributed by atoms with Crippen LogP contribution in [0, 0.1) is 5.92 Å². The lowest BCUT2D eigenvalue weighted by molar-refractivity contribution is -0.150. The molecule has 3 aromatic rings. The molecule has 2 aliphatic heterocycles. The zero-order valence-corrected chi connectivity index (χ0v) is 31.3. The molecule has 260 valence electrons. The van der Waals surface area contributed by atoms with Gasteiger partial charge in [-0.1, -0.05) is 116 Å². The van der Waals surface area contributed by atoms with Gasteiger partial charge >= 0.3 is 28.8 Å². The number of hydrogen-bond donors (Lipinski definition) is 1. The molecule has 0 amide bonds. The quantitative estimate of drug-likeness (QED) is 0.183. The van der Waals surface area contributed by atoms with E-state index in [4.69, 9.17) is 22.4 Å². The fourth-order valence-corrected chi connectivity index (χ4v) is 18.6. The average Bonchev–Trinajstić information content (AvgIpc) is 3.35. The number of esters is 1. The number of aromatic nitrogens is 2. The molecule has 2 aromatic carbocycles. The van der Waals surface area contributed by atoms with Crippen LogP contribution in [0.15, 0.2) is 82.5 Å². The van der Waals surface area contributed by atoms with Crippen molar-refractivity contribution in [3.05, 3.63) is 105 Å². The van der Waals surface area contributed by atoms with Crippen LogP contribution in [-0.4, -0.2) is 51.5 Å². The summed E-state index contributed by atoms with van der Waals surface area (Å²) < 4.78 is 35.9. The second-order valence-corrected chi connectivity index (χ2v) is 23.0. The fourth-order valence-electron chi connectivity index (χ4n) is 7.30. The second kappa shape index (κ2) is 14.8. The van der Waals surface area contributed by atoms with Crippen LogP contribution in [0.25, 0.3) is 0 Å². The fraction of sp³-hybridized carbons (Fsp3) is 0.528. The van der Waals surface area contributed by atoms with Gasteiger partial charge in [-0.15, -0.1) is 0 Å². The van der Waals surface area contributed by atoms with E-state index in [1.165, 1.54) is 16.8 Å². The van der Waals surface area contributed by atoms with Crippen LogP contribution in [0.3, 0.4) is 0 Å². The van der Waals surface area contributed by atoms with Crippen molar-refractivity contribution in [1.29, 1.82) is 0 Å². The van der Waals surface area contributed by atoms with Crippen LogP contribution in [0.4, 0.5) is 0 Å². The summed E-state index contributed by atoms with van der Waals surface area (Å²) in [4.78, 5) is 41.7. The molecule has 1 N–H and O–H groups in total. The van der Waals surface area contributed by atoms with Crippen molar-refractivity contribution in [3.8, 4) is 0 Å². The summed E-state index contributed by atoms with van der Waals surface area (Å²) >= 11 is 0. The topological polar surface area (TPSA) is 118 Å². The van der Waals surface area contributed by atoms with Gasteiger partial charge in [-0.3, -0.25) is 19.1 Å². The summed E-state index contributed by atoms with van der Waals surface area (Å²) in [5.41, 5.74) is 0.898. The van der Waals surface area contributed by atoms with E-state index < -0.39 is 64.8 Å². The average molecular weight is 695 g/mol. The lowest BCUT2D eigenvalue weighted by atomic mass is 9.95. The van der Waals surface area contributed by atoms with Crippen LogP contribution in [0.2, 0.25) is 22.2 Å². The van der Waals surface area contributed by atoms with E-state index in [0.29, 0.717) is 0 Å². The molecule has 5 rings (SSSR count). The third-order valence-corrected chi connectivity index (χ3v) is 20.0. The van der Waals surface area contributed by atoms with Gasteiger partial charge in [-0.05, 0) is 33.3 Å². The number of carbonyl (C=O) groups is 1. The largest absolute Gasteiger partial charge is 0.453 e. The lowest BCUT2D eigenvalue weighted by Gasteiger charge is -2.51. The second-order valence-electron chi connectivity index (χ2n) is 14.2. The Kier molecular flexibility index (Phi) is 11.1. The summed E-state index contributed by atoms with van der Waals surface area (Å²) in [6.45, 7) is 17.3. The summed E-state index contributed by atoms with van der Waals surface area (Å²) in [6, 6.07) is 20.5. The normalized spacial score (nSPS) is 23.8. The Morgan fingerprint density at radius 3 is 1.88 bits per heavy atom. The SMILES string of the molecule is CC(C)[Si]1(C(C)C)OC[C@H]2O[C@@H](n3ccc(=O)[nH]c3=O)[C@H](CC(=O)OC(c3ccccc3)c3ccccc3)[C@@H]2O[Si](C(C)C)(C(C)C)O1. The minimum absolute atomic E-state index is 0.0484. The molecule has 3 heterocycles. The highest BCUT2D eigenvalue weighted by Crippen LogP contribution is 2.50. The van der Waals surface area contributed by atoms with Gasteiger partial charge in [-0.25, -0.2) is 4.79 Å². The van der Waals surface area contributed by atoms with Crippen LogP contribution >= 0.6 is 0 Å². The van der Waals surface area contributed by atoms with Gasteiger partial charge in [0.25, 0.3) is 5.56 Å². The summed E-state index contributed by atoms with van der Waals surface area (Å²) in [5, 5.41) is 0. The first-order valence-corrected chi connectivity index (χ1v) is 21.0. The summed E-state index contributed by atoms with van der Waals surface area (Å²) in [5.74, 6) is -1.12. The number of nitrogens with zero attached hydrogens (tertiary/aromatic N) is 1. The van der Waals surface area contributed by atoms with E-state index in [1.807, 2.05) is 60.7 Å². The van der Waals surface area contributed by atoms with Crippen molar-refractivity contribution in [1.82, 2.24) is 9.55 Å². The Hall–Kier alpha value is -3.14. The molecule has 12 heteroatoms. The van der Waals surface area contributed by atoms with Crippen LogP contribution in [0.5, 0.6) is 0 Å². The molecule has 0 bridgehead atoms. The Morgan fingerprint density at radius 2 is 1.38 bits per heavy atom. The van der Waals surface area contributed by atoms with Crippen molar-refractivity contribution < 1.29 is 27.2 Å². The van der Waals surface area contributed by atoms with E-state index in [0.717, 1.165) is 11.1 Å². The number of nitrogens with one attached hydrogen (secondary N) is 1. The number of hydrogen-bond acceptors (Lipinski definition) is 8. The predicted octanol–water partition coefficient (Wildman–Crippen LogP) is 6.73. The molecular formula is C36H50N2O8Si2. The summed E-state index contributed by atoms with van der Waals surface area (Å²) in [6.07, 6.45) is -1.50. The highest BCUT2D eigenvalue weighted by molar-refractivity contribution is 6.84. The van der Waals surface area contributed by atoms with Gasteiger partial charge in [-0.2, -0.15) is 0 Å². The molecular weight excluding hydrogens is 645 g/mol. The van der Waals surface area contributed by atoms with Crippen LogP contribution < -0.4 is 11.2 Å². The first-order chi connectivity index (χ1) is 22.8. The molecule has 0 spiro atoms. The van der Waals surface area contributed by atoms with E-state index in [9.17, 15) is 14.4 Å². The molecule has 0 radical (unpaired) electrons. The maximum atomic E-state index is 14.1. The zero-order valence-electron chi connectivity index (χ0n) is 29.3. The Bertz CT molecular complexity index is 1590. The molecule has 10 nitrogen and oxygen atoms in total. The van der Waals surface area contributed by atoms with Crippen LogP contribution in [0.1, 0.15) is 85.3 Å². The van der Waals surface area contributed by atoms with E-state index >= 15 is 0 Å². The van der Waals surface area contributed by atoms with Crippen molar-refractivity contribution in [3.63, 3.8) is 0 Å². The van der Waals surface area contributed by atoms with Gasteiger partial charge in [0.05, 0.1) is 19.1 Å². The monoisotopic (exact) mass is 694 g/mol. The zero-order chi connectivity index (χ0) is 34.8. The van der Waals surface area contributed by atoms with Gasteiger partial charge in [0, 0.05) is 18.2 Å². The predicted molar refractivity (Wildman–Crippen MR) is 188 cm³/mol. The number of carbonyl (C=O) groups excluding carboxylic acids is 1. The smallest absolute Gasteiger partial charge is 0.335 e.